The maximum Gasteiger partial charge on any atom is 0.278 e. The fraction of sp³-hybridized carbons (Fsp3) is 0.462. The second-order valence-corrected chi connectivity index (χ2v) is 5.27. The highest BCUT2D eigenvalue weighted by atomic mass is 32.1. The standard InChI is InChI=1S/C13H16NOS/c1-2-6-11(7-3-1)15-14-10-16-13-9-5-4-8-12(13)14/h4-5,8-11H,1-3,6-7H2/q+1. The summed E-state index contributed by atoms with van der Waals surface area (Å²) >= 11 is 1.74. The fourth-order valence-electron chi connectivity index (χ4n) is 2.31. The maximum absolute atomic E-state index is 6.04. The number of hydrogen-bond acceptors (Lipinski definition) is 2. The minimum atomic E-state index is 0.414. The Morgan fingerprint density at radius 1 is 1.12 bits per heavy atom. The van der Waals surface area contributed by atoms with Gasteiger partial charge in [-0.2, -0.15) is 0 Å². The van der Waals surface area contributed by atoms with Crippen LogP contribution in [0.1, 0.15) is 32.1 Å². The maximum atomic E-state index is 6.04. The first-order valence-electron chi connectivity index (χ1n) is 5.98. The predicted molar refractivity (Wildman–Crippen MR) is 65.5 cm³/mol. The van der Waals surface area contributed by atoms with E-state index in [1.807, 2.05) is 4.73 Å². The zero-order valence-electron chi connectivity index (χ0n) is 9.26. The number of fused-ring (bicyclic) bond motifs is 1. The molecule has 3 rings (SSSR count). The number of benzene rings is 1. The van der Waals surface area contributed by atoms with Crippen molar-refractivity contribution in [2.24, 2.45) is 0 Å². The third-order valence-electron chi connectivity index (χ3n) is 3.19. The summed E-state index contributed by atoms with van der Waals surface area (Å²) in [6.45, 7) is 0. The Kier molecular flexibility index (Phi) is 2.79. The predicted octanol–water partition coefficient (Wildman–Crippen LogP) is 2.95. The van der Waals surface area contributed by atoms with Gasteiger partial charge in [0.15, 0.2) is 6.10 Å². The van der Waals surface area contributed by atoms with Crippen molar-refractivity contribution in [1.29, 1.82) is 0 Å². The Bertz CT molecular complexity index is 473. The Morgan fingerprint density at radius 3 is 2.81 bits per heavy atom. The van der Waals surface area contributed by atoms with E-state index in [4.69, 9.17) is 4.84 Å². The van der Waals surface area contributed by atoms with Crippen LogP contribution < -0.4 is 9.57 Å². The van der Waals surface area contributed by atoms with Gasteiger partial charge in [0.25, 0.3) is 11.0 Å². The molecule has 0 unspecified atom stereocenters. The Labute approximate surface area is 99.4 Å². The van der Waals surface area contributed by atoms with Crippen molar-refractivity contribution in [3.05, 3.63) is 29.8 Å². The fourth-order valence-corrected chi connectivity index (χ4v) is 3.12. The minimum absolute atomic E-state index is 0.414. The summed E-state index contributed by atoms with van der Waals surface area (Å²) in [5.41, 5.74) is 3.26. The summed E-state index contributed by atoms with van der Waals surface area (Å²) < 4.78 is 3.24. The van der Waals surface area contributed by atoms with E-state index in [9.17, 15) is 0 Å². The van der Waals surface area contributed by atoms with Crippen LogP contribution in [-0.4, -0.2) is 6.10 Å². The SMILES string of the molecule is c1ccc2c(c1)sc[n+]2OC1CCCCC1. The topological polar surface area (TPSA) is 13.1 Å². The molecule has 1 aliphatic carbocycles. The molecule has 1 saturated carbocycles. The van der Waals surface area contributed by atoms with E-state index >= 15 is 0 Å². The van der Waals surface area contributed by atoms with Crippen molar-refractivity contribution in [3.63, 3.8) is 0 Å². The average molecular weight is 234 g/mol. The molecule has 84 valence electrons. The minimum Gasteiger partial charge on any atom is -0.267 e. The van der Waals surface area contributed by atoms with Crippen molar-refractivity contribution >= 4 is 21.6 Å². The van der Waals surface area contributed by atoms with Crippen LogP contribution in [0.2, 0.25) is 0 Å². The Balaban J connectivity index is 1.83. The van der Waals surface area contributed by atoms with Gasteiger partial charge < -0.3 is 0 Å². The largest absolute Gasteiger partial charge is 0.278 e. The molecule has 1 fully saturated rings. The summed E-state index contributed by atoms with van der Waals surface area (Å²) in [6, 6.07) is 8.40. The highest BCUT2D eigenvalue weighted by Crippen LogP contribution is 2.19. The van der Waals surface area contributed by atoms with E-state index in [1.165, 1.54) is 42.3 Å². The Hall–Kier alpha value is -1.09. The third kappa shape index (κ3) is 1.92. The molecule has 0 spiro atoms. The molecule has 1 aliphatic rings. The van der Waals surface area contributed by atoms with Crippen LogP contribution in [0.15, 0.2) is 29.8 Å². The third-order valence-corrected chi connectivity index (χ3v) is 4.09. The lowest BCUT2D eigenvalue weighted by atomic mass is 9.98. The molecule has 0 saturated heterocycles. The molecular weight excluding hydrogens is 218 g/mol. The highest BCUT2D eigenvalue weighted by Gasteiger charge is 2.21. The number of nitrogens with zero attached hydrogens (tertiary/aromatic N) is 1. The van der Waals surface area contributed by atoms with E-state index in [0.717, 1.165) is 0 Å². The summed E-state index contributed by atoms with van der Waals surface area (Å²) in [7, 11) is 0. The average Bonchev–Trinajstić information content (AvgIpc) is 2.74. The van der Waals surface area contributed by atoms with E-state index in [-0.39, 0.29) is 0 Å². The second kappa shape index (κ2) is 4.42. The van der Waals surface area contributed by atoms with Crippen molar-refractivity contribution in [2.45, 2.75) is 38.2 Å². The lowest BCUT2D eigenvalue weighted by Gasteiger charge is -2.17. The molecule has 0 bridgehead atoms. The summed E-state index contributed by atoms with van der Waals surface area (Å²) in [4.78, 5) is 6.04. The highest BCUT2D eigenvalue weighted by molar-refractivity contribution is 7.16. The first-order valence-corrected chi connectivity index (χ1v) is 6.86. The van der Waals surface area contributed by atoms with E-state index in [2.05, 4.69) is 29.8 Å². The zero-order valence-corrected chi connectivity index (χ0v) is 10.1. The molecule has 0 radical (unpaired) electrons. The van der Waals surface area contributed by atoms with Crippen LogP contribution >= 0.6 is 11.3 Å². The molecule has 0 atom stereocenters. The molecule has 2 nitrogen and oxygen atoms in total. The Morgan fingerprint density at radius 2 is 1.94 bits per heavy atom. The summed E-state index contributed by atoms with van der Waals surface area (Å²) in [5.74, 6) is 0. The molecule has 0 aliphatic heterocycles. The van der Waals surface area contributed by atoms with E-state index < -0.39 is 0 Å². The summed E-state index contributed by atoms with van der Waals surface area (Å²) in [6.07, 6.45) is 6.82. The van der Waals surface area contributed by atoms with Crippen LogP contribution in [0.5, 0.6) is 0 Å². The smallest absolute Gasteiger partial charge is 0.267 e. The van der Waals surface area contributed by atoms with Gasteiger partial charge >= 0.3 is 0 Å². The quantitative estimate of drug-likeness (QED) is 0.728. The monoisotopic (exact) mass is 234 g/mol. The van der Waals surface area contributed by atoms with Crippen LogP contribution in [0.25, 0.3) is 10.2 Å². The van der Waals surface area contributed by atoms with Gasteiger partial charge in [-0.05, 0) is 31.7 Å². The lowest BCUT2D eigenvalue weighted by molar-refractivity contribution is -0.877. The van der Waals surface area contributed by atoms with Crippen LogP contribution in [0.4, 0.5) is 0 Å². The first-order chi connectivity index (χ1) is 7.93. The molecule has 1 aromatic carbocycles. The number of para-hydroxylation sites is 1. The normalized spacial score (nSPS) is 17.8. The molecule has 0 amide bonds. The van der Waals surface area contributed by atoms with E-state index in [0.29, 0.717) is 6.10 Å². The van der Waals surface area contributed by atoms with Gasteiger partial charge in [-0.25, -0.2) is 0 Å². The van der Waals surface area contributed by atoms with Crippen LogP contribution in [0, 0.1) is 0 Å². The number of aromatic nitrogens is 1. The van der Waals surface area contributed by atoms with Gasteiger partial charge in [0.05, 0.1) is 0 Å². The lowest BCUT2D eigenvalue weighted by Crippen LogP contribution is -2.47. The first kappa shape index (κ1) is 10.1. The van der Waals surface area contributed by atoms with Crippen LogP contribution in [0.3, 0.4) is 0 Å². The van der Waals surface area contributed by atoms with Gasteiger partial charge in [-0.1, -0.05) is 29.9 Å². The molecule has 1 heterocycles. The molecular formula is C13H16NOS+. The van der Waals surface area contributed by atoms with Crippen molar-refractivity contribution < 1.29 is 9.57 Å². The van der Waals surface area contributed by atoms with Gasteiger partial charge in [-0.3, -0.25) is 4.84 Å². The van der Waals surface area contributed by atoms with Gasteiger partial charge in [0.2, 0.25) is 0 Å². The molecule has 2 aromatic rings. The number of rotatable bonds is 2. The van der Waals surface area contributed by atoms with Gasteiger partial charge in [-0.15, -0.1) is 0 Å². The van der Waals surface area contributed by atoms with Crippen molar-refractivity contribution in [1.82, 2.24) is 0 Å². The molecule has 0 N–H and O–H groups in total. The molecule has 3 heteroatoms. The summed E-state index contributed by atoms with van der Waals surface area (Å²) in [5, 5.41) is 0. The zero-order chi connectivity index (χ0) is 10.8. The van der Waals surface area contributed by atoms with Crippen molar-refractivity contribution in [3.8, 4) is 0 Å². The van der Waals surface area contributed by atoms with Gasteiger partial charge in [0.1, 0.15) is 4.70 Å². The van der Waals surface area contributed by atoms with Gasteiger partial charge in [0, 0.05) is 10.8 Å². The second-order valence-electron chi connectivity index (χ2n) is 4.38. The van der Waals surface area contributed by atoms with Crippen molar-refractivity contribution in [2.75, 3.05) is 0 Å². The van der Waals surface area contributed by atoms with E-state index in [1.54, 1.807) is 11.3 Å². The molecule has 16 heavy (non-hydrogen) atoms. The number of hydrogen-bond donors (Lipinski definition) is 0. The molecule has 1 aromatic heterocycles. The number of thiazole rings is 1. The van der Waals surface area contributed by atoms with Crippen LogP contribution in [-0.2, 0) is 0 Å².